The molecule has 0 aliphatic heterocycles. The second-order valence-corrected chi connectivity index (χ2v) is 3.51. The zero-order chi connectivity index (χ0) is 9.30. The van der Waals surface area contributed by atoms with E-state index in [9.17, 15) is 9.59 Å². The minimum atomic E-state index is -0.759. The highest BCUT2D eigenvalue weighted by Gasteiger charge is 2.21. The van der Waals surface area contributed by atoms with Crippen molar-refractivity contribution in [3.63, 3.8) is 0 Å². The highest BCUT2D eigenvalue weighted by Crippen LogP contribution is 2.22. The SMILES string of the molecule is O=C(Cl)c1coc(I)c1C(=O)Cl. The van der Waals surface area contributed by atoms with Crippen molar-refractivity contribution in [1.29, 1.82) is 0 Å². The standard InChI is InChI=1S/C6HCl2IO3/c7-4(10)2-1-12-6(9)3(2)5(8)11/h1H. The average Bonchev–Trinajstić information content (AvgIpc) is 2.30. The third kappa shape index (κ3) is 1.81. The minimum absolute atomic E-state index is 0.000988. The number of hydrogen-bond acceptors (Lipinski definition) is 3. The van der Waals surface area contributed by atoms with E-state index in [1.807, 2.05) is 0 Å². The minimum Gasteiger partial charge on any atom is -0.457 e. The van der Waals surface area contributed by atoms with Gasteiger partial charge in [-0.3, -0.25) is 9.59 Å². The summed E-state index contributed by atoms with van der Waals surface area (Å²) in [5, 5.41) is -1.51. The van der Waals surface area contributed by atoms with E-state index in [1.165, 1.54) is 0 Å². The number of carbonyl (C=O) groups is 2. The molecule has 0 fully saturated rings. The average molecular weight is 319 g/mol. The lowest BCUT2D eigenvalue weighted by atomic mass is 10.2. The van der Waals surface area contributed by atoms with Gasteiger partial charge in [0.05, 0.1) is 11.1 Å². The van der Waals surface area contributed by atoms with Gasteiger partial charge in [-0.15, -0.1) is 0 Å². The molecule has 0 aliphatic rings. The van der Waals surface area contributed by atoms with E-state index in [0.717, 1.165) is 6.26 Å². The second-order valence-electron chi connectivity index (χ2n) is 1.85. The summed E-state index contributed by atoms with van der Waals surface area (Å²) in [5.74, 6) is 0. The summed E-state index contributed by atoms with van der Waals surface area (Å²) < 4.78 is 5.06. The quantitative estimate of drug-likeness (QED) is 0.622. The monoisotopic (exact) mass is 318 g/mol. The summed E-state index contributed by atoms with van der Waals surface area (Å²) >= 11 is 12.1. The van der Waals surface area contributed by atoms with Crippen LogP contribution >= 0.6 is 45.8 Å². The predicted molar refractivity (Wildman–Crippen MR) is 51.8 cm³/mol. The van der Waals surface area contributed by atoms with E-state index in [-0.39, 0.29) is 14.9 Å². The number of carbonyl (C=O) groups excluding carboxylic acids is 2. The molecule has 0 saturated carbocycles. The third-order valence-corrected chi connectivity index (χ3v) is 2.34. The van der Waals surface area contributed by atoms with Crippen molar-refractivity contribution in [1.82, 2.24) is 0 Å². The first-order valence-corrected chi connectivity index (χ1v) is 4.54. The van der Waals surface area contributed by atoms with Crippen LogP contribution in [0.3, 0.4) is 0 Å². The van der Waals surface area contributed by atoms with Crippen LogP contribution in [-0.4, -0.2) is 10.5 Å². The Morgan fingerprint density at radius 3 is 2.25 bits per heavy atom. The molecule has 6 heteroatoms. The Morgan fingerprint density at radius 2 is 1.92 bits per heavy atom. The molecular formula is C6HCl2IO3. The lowest BCUT2D eigenvalue weighted by Gasteiger charge is -1.89. The van der Waals surface area contributed by atoms with Gasteiger partial charge in [-0.05, 0) is 23.2 Å². The van der Waals surface area contributed by atoms with Crippen molar-refractivity contribution < 1.29 is 14.0 Å². The zero-order valence-electron chi connectivity index (χ0n) is 5.44. The first-order valence-electron chi connectivity index (χ1n) is 2.70. The Labute approximate surface area is 91.1 Å². The van der Waals surface area contributed by atoms with Gasteiger partial charge < -0.3 is 4.42 Å². The Bertz CT molecular complexity index is 345. The molecule has 0 amide bonds. The largest absolute Gasteiger partial charge is 0.457 e. The Hall–Kier alpha value is -0.0700. The van der Waals surface area contributed by atoms with E-state index >= 15 is 0 Å². The van der Waals surface area contributed by atoms with Crippen LogP contribution in [0.15, 0.2) is 10.7 Å². The summed E-state index contributed by atoms with van der Waals surface area (Å²) in [6, 6.07) is 0. The molecule has 0 aliphatic carbocycles. The maximum Gasteiger partial charge on any atom is 0.257 e. The van der Waals surface area contributed by atoms with Gasteiger partial charge in [-0.25, -0.2) is 0 Å². The molecule has 1 aromatic rings. The van der Waals surface area contributed by atoms with Crippen molar-refractivity contribution in [2.75, 3.05) is 0 Å². The van der Waals surface area contributed by atoms with E-state index in [4.69, 9.17) is 27.6 Å². The highest BCUT2D eigenvalue weighted by molar-refractivity contribution is 14.1. The van der Waals surface area contributed by atoms with E-state index < -0.39 is 10.5 Å². The fourth-order valence-corrected chi connectivity index (χ4v) is 1.81. The second kappa shape index (κ2) is 3.76. The van der Waals surface area contributed by atoms with Gasteiger partial charge in [0.25, 0.3) is 10.5 Å². The zero-order valence-corrected chi connectivity index (χ0v) is 9.11. The topological polar surface area (TPSA) is 47.3 Å². The lowest BCUT2D eigenvalue weighted by molar-refractivity contribution is 0.105. The van der Waals surface area contributed by atoms with Crippen LogP contribution in [0, 0.1) is 3.77 Å². The molecular weight excluding hydrogens is 318 g/mol. The molecule has 0 bridgehead atoms. The summed E-state index contributed by atoms with van der Waals surface area (Å²) in [4.78, 5) is 21.4. The number of furan rings is 1. The first-order chi connectivity index (χ1) is 5.54. The normalized spacial score (nSPS) is 9.92. The van der Waals surface area contributed by atoms with Crippen LogP contribution in [0.1, 0.15) is 20.7 Å². The van der Waals surface area contributed by atoms with Gasteiger partial charge in [-0.2, -0.15) is 0 Å². The van der Waals surface area contributed by atoms with Gasteiger partial charge in [0, 0.05) is 22.6 Å². The van der Waals surface area contributed by atoms with Crippen LogP contribution in [0.2, 0.25) is 0 Å². The van der Waals surface area contributed by atoms with Crippen molar-refractivity contribution in [2.24, 2.45) is 0 Å². The van der Waals surface area contributed by atoms with Crippen LogP contribution < -0.4 is 0 Å². The summed E-state index contributed by atoms with van der Waals surface area (Å²) in [5.41, 5.74) is 0.0262. The fourth-order valence-electron chi connectivity index (χ4n) is 0.662. The molecule has 0 N–H and O–H groups in total. The molecule has 0 spiro atoms. The molecule has 0 radical (unpaired) electrons. The molecule has 12 heavy (non-hydrogen) atoms. The summed E-state index contributed by atoms with van der Waals surface area (Å²) in [6.07, 6.45) is 1.10. The van der Waals surface area contributed by atoms with Crippen LogP contribution in [0.25, 0.3) is 0 Å². The summed E-state index contributed by atoms with van der Waals surface area (Å²) in [7, 11) is 0. The van der Waals surface area contributed by atoms with Gasteiger partial charge >= 0.3 is 0 Å². The van der Waals surface area contributed by atoms with Crippen molar-refractivity contribution in [3.8, 4) is 0 Å². The maximum atomic E-state index is 10.7. The molecule has 1 rings (SSSR count). The van der Waals surface area contributed by atoms with E-state index in [1.54, 1.807) is 22.6 Å². The Morgan fingerprint density at radius 1 is 1.33 bits per heavy atom. The Balaban J connectivity index is 3.31. The molecule has 3 nitrogen and oxygen atoms in total. The van der Waals surface area contributed by atoms with Crippen LogP contribution in [-0.2, 0) is 0 Å². The van der Waals surface area contributed by atoms with Gasteiger partial charge in [-0.1, -0.05) is 0 Å². The molecule has 1 aromatic heterocycles. The highest BCUT2D eigenvalue weighted by atomic mass is 127. The third-order valence-electron chi connectivity index (χ3n) is 1.15. The lowest BCUT2D eigenvalue weighted by Crippen LogP contribution is -1.97. The molecule has 1 heterocycles. The predicted octanol–water partition coefficient (Wildman–Crippen LogP) is 2.64. The number of hydrogen-bond donors (Lipinski definition) is 0. The first kappa shape index (κ1) is 10.0. The van der Waals surface area contributed by atoms with Crippen LogP contribution in [0.5, 0.6) is 0 Å². The molecule has 0 atom stereocenters. The van der Waals surface area contributed by atoms with Crippen molar-refractivity contribution in [2.45, 2.75) is 0 Å². The fraction of sp³-hybridized carbons (Fsp3) is 0. The molecule has 0 aromatic carbocycles. The van der Waals surface area contributed by atoms with Gasteiger partial charge in [0.1, 0.15) is 6.26 Å². The Kier molecular flexibility index (Phi) is 3.14. The van der Waals surface area contributed by atoms with Crippen molar-refractivity contribution >= 4 is 56.3 Å². The number of halogens is 3. The summed E-state index contributed by atoms with van der Waals surface area (Å²) in [6.45, 7) is 0. The van der Waals surface area contributed by atoms with E-state index in [2.05, 4.69) is 0 Å². The van der Waals surface area contributed by atoms with Crippen LogP contribution in [0.4, 0.5) is 0 Å². The maximum absolute atomic E-state index is 10.7. The van der Waals surface area contributed by atoms with Gasteiger partial charge in [0.15, 0.2) is 3.77 Å². The molecule has 0 unspecified atom stereocenters. The molecule has 64 valence electrons. The smallest absolute Gasteiger partial charge is 0.257 e. The van der Waals surface area contributed by atoms with E-state index in [0.29, 0.717) is 0 Å². The molecule has 0 saturated heterocycles. The number of rotatable bonds is 2. The van der Waals surface area contributed by atoms with Gasteiger partial charge in [0.2, 0.25) is 0 Å². The van der Waals surface area contributed by atoms with Crippen molar-refractivity contribution in [3.05, 3.63) is 21.2 Å².